The minimum Gasteiger partial charge on any atom is -0.350 e. The molecule has 1 heterocycles. The van der Waals surface area contributed by atoms with Crippen LogP contribution in [0.15, 0.2) is 54.6 Å². The molecule has 0 bridgehead atoms. The summed E-state index contributed by atoms with van der Waals surface area (Å²) >= 11 is 12.1. The second kappa shape index (κ2) is 8.17. The Kier molecular flexibility index (Phi) is 5.71. The highest BCUT2D eigenvalue weighted by Crippen LogP contribution is 2.29. The van der Waals surface area contributed by atoms with Crippen molar-refractivity contribution in [2.24, 2.45) is 0 Å². The molecule has 26 heavy (non-hydrogen) atoms. The Morgan fingerprint density at radius 2 is 1.81 bits per heavy atom. The number of rotatable bonds is 5. The van der Waals surface area contributed by atoms with Gasteiger partial charge in [-0.25, -0.2) is 9.97 Å². The highest BCUT2D eigenvalue weighted by Gasteiger charge is 2.13. The molecule has 3 aromatic rings. The van der Waals surface area contributed by atoms with Crippen molar-refractivity contribution in [1.82, 2.24) is 9.97 Å². The van der Waals surface area contributed by atoms with Gasteiger partial charge in [-0.2, -0.15) is 0 Å². The van der Waals surface area contributed by atoms with E-state index in [1.165, 1.54) is 0 Å². The number of benzene rings is 2. The fraction of sp³-hybridized carbons (Fsp3) is 0.105. The Labute approximate surface area is 161 Å². The maximum Gasteiger partial charge on any atom is 0.274 e. The first-order valence-electron chi connectivity index (χ1n) is 7.92. The molecule has 1 amide bonds. The van der Waals surface area contributed by atoms with Crippen molar-refractivity contribution in [3.63, 3.8) is 0 Å². The number of amides is 1. The normalized spacial score (nSPS) is 10.4. The van der Waals surface area contributed by atoms with E-state index in [-0.39, 0.29) is 16.6 Å². The first-order chi connectivity index (χ1) is 12.5. The van der Waals surface area contributed by atoms with Crippen LogP contribution in [0.25, 0.3) is 0 Å². The van der Waals surface area contributed by atoms with E-state index in [0.29, 0.717) is 28.9 Å². The molecule has 0 aliphatic rings. The molecule has 5 nitrogen and oxygen atoms in total. The third-order valence-corrected chi connectivity index (χ3v) is 4.40. The van der Waals surface area contributed by atoms with Crippen LogP contribution in [0.4, 0.5) is 11.6 Å². The highest BCUT2D eigenvalue weighted by molar-refractivity contribution is 6.44. The lowest BCUT2D eigenvalue weighted by Crippen LogP contribution is -2.16. The Bertz CT molecular complexity index is 932. The monoisotopic (exact) mass is 386 g/mol. The quantitative estimate of drug-likeness (QED) is 0.650. The van der Waals surface area contributed by atoms with Crippen LogP contribution in [0.2, 0.25) is 10.0 Å². The SMILES string of the molecule is Cc1cc(C(=O)Nc2cccc(Cl)c2Cl)nc(NCc2ccccc2)n1. The van der Waals surface area contributed by atoms with Crippen molar-refractivity contribution in [2.75, 3.05) is 10.6 Å². The molecule has 0 saturated heterocycles. The average Bonchev–Trinajstić information content (AvgIpc) is 2.64. The molecular weight excluding hydrogens is 371 g/mol. The first-order valence-corrected chi connectivity index (χ1v) is 8.67. The Morgan fingerprint density at radius 3 is 2.58 bits per heavy atom. The summed E-state index contributed by atoms with van der Waals surface area (Å²) in [5.41, 5.74) is 2.44. The summed E-state index contributed by atoms with van der Waals surface area (Å²) in [4.78, 5) is 21.1. The number of carbonyl (C=O) groups excluding carboxylic acids is 1. The second-order valence-corrected chi connectivity index (χ2v) is 6.40. The molecule has 3 rings (SSSR count). The van der Waals surface area contributed by atoms with Gasteiger partial charge in [0.05, 0.1) is 15.7 Å². The lowest BCUT2D eigenvalue weighted by molar-refractivity contribution is 0.102. The fourth-order valence-electron chi connectivity index (χ4n) is 2.33. The molecule has 0 aliphatic carbocycles. The fourth-order valence-corrected chi connectivity index (χ4v) is 2.68. The van der Waals surface area contributed by atoms with Gasteiger partial charge in [-0.05, 0) is 30.7 Å². The molecular formula is C19H16Cl2N4O. The summed E-state index contributed by atoms with van der Waals surface area (Å²) in [7, 11) is 0. The molecule has 0 atom stereocenters. The smallest absolute Gasteiger partial charge is 0.274 e. The van der Waals surface area contributed by atoms with Crippen LogP contribution in [-0.4, -0.2) is 15.9 Å². The highest BCUT2D eigenvalue weighted by atomic mass is 35.5. The van der Waals surface area contributed by atoms with Gasteiger partial charge in [-0.15, -0.1) is 0 Å². The standard InChI is InChI=1S/C19H16Cl2N4O/c1-12-10-16(18(26)24-15-9-5-8-14(20)17(15)21)25-19(23-12)22-11-13-6-3-2-4-7-13/h2-10H,11H2,1H3,(H,24,26)(H,22,23,25). The minimum absolute atomic E-state index is 0.240. The number of aryl methyl sites for hydroxylation is 1. The first kappa shape index (κ1) is 18.2. The molecule has 0 saturated carbocycles. The number of aromatic nitrogens is 2. The van der Waals surface area contributed by atoms with Gasteiger partial charge in [0.2, 0.25) is 5.95 Å². The predicted molar refractivity (Wildman–Crippen MR) is 105 cm³/mol. The molecule has 132 valence electrons. The number of nitrogens with one attached hydrogen (secondary N) is 2. The van der Waals surface area contributed by atoms with E-state index < -0.39 is 0 Å². The third-order valence-electron chi connectivity index (χ3n) is 3.58. The topological polar surface area (TPSA) is 66.9 Å². The van der Waals surface area contributed by atoms with Crippen LogP contribution >= 0.6 is 23.2 Å². The van der Waals surface area contributed by atoms with Gasteiger partial charge in [0.25, 0.3) is 5.91 Å². The molecule has 0 unspecified atom stereocenters. The number of nitrogens with zero attached hydrogens (tertiary/aromatic N) is 2. The third kappa shape index (κ3) is 4.50. The van der Waals surface area contributed by atoms with E-state index in [0.717, 1.165) is 5.56 Å². The van der Waals surface area contributed by atoms with Crippen LogP contribution in [-0.2, 0) is 6.54 Å². The van der Waals surface area contributed by atoms with Crippen LogP contribution in [0, 0.1) is 6.92 Å². The lowest BCUT2D eigenvalue weighted by Gasteiger charge is -2.10. The molecule has 0 radical (unpaired) electrons. The van der Waals surface area contributed by atoms with Gasteiger partial charge in [0.1, 0.15) is 5.69 Å². The molecule has 1 aromatic heterocycles. The Hall–Kier alpha value is -2.63. The molecule has 2 aromatic carbocycles. The largest absolute Gasteiger partial charge is 0.350 e. The Balaban J connectivity index is 1.76. The maximum atomic E-state index is 12.5. The van der Waals surface area contributed by atoms with E-state index in [4.69, 9.17) is 23.2 Å². The second-order valence-electron chi connectivity index (χ2n) is 5.61. The summed E-state index contributed by atoms with van der Waals surface area (Å²) in [6.07, 6.45) is 0. The number of halogens is 2. The number of carbonyl (C=O) groups is 1. The molecule has 0 fully saturated rings. The summed E-state index contributed by atoms with van der Waals surface area (Å²) in [6.45, 7) is 2.37. The van der Waals surface area contributed by atoms with Gasteiger partial charge >= 0.3 is 0 Å². The van der Waals surface area contributed by atoms with Gasteiger partial charge in [-0.3, -0.25) is 4.79 Å². The van der Waals surface area contributed by atoms with E-state index in [9.17, 15) is 4.79 Å². The van der Waals surface area contributed by atoms with Gasteiger partial charge in [0.15, 0.2) is 0 Å². The number of anilines is 2. The lowest BCUT2D eigenvalue weighted by atomic mass is 10.2. The van der Waals surface area contributed by atoms with E-state index in [1.54, 1.807) is 31.2 Å². The summed E-state index contributed by atoms with van der Waals surface area (Å²) in [5.74, 6) is -0.00128. The van der Waals surface area contributed by atoms with E-state index in [1.807, 2.05) is 30.3 Å². The molecule has 2 N–H and O–H groups in total. The number of hydrogen-bond donors (Lipinski definition) is 2. The van der Waals surface area contributed by atoms with Crippen LogP contribution in [0.1, 0.15) is 21.7 Å². The zero-order valence-corrected chi connectivity index (χ0v) is 15.5. The van der Waals surface area contributed by atoms with Crippen molar-refractivity contribution in [3.8, 4) is 0 Å². The zero-order chi connectivity index (χ0) is 18.5. The van der Waals surface area contributed by atoms with Crippen molar-refractivity contribution in [1.29, 1.82) is 0 Å². The molecule has 7 heteroatoms. The van der Waals surface area contributed by atoms with Crippen molar-refractivity contribution in [2.45, 2.75) is 13.5 Å². The molecule has 0 aliphatic heterocycles. The van der Waals surface area contributed by atoms with Crippen LogP contribution in [0.5, 0.6) is 0 Å². The van der Waals surface area contributed by atoms with Gasteiger partial charge in [-0.1, -0.05) is 59.6 Å². The Morgan fingerprint density at radius 1 is 1.04 bits per heavy atom. The summed E-state index contributed by atoms with van der Waals surface area (Å²) in [6, 6.07) is 16.5. The predicted octanol–water partition coefficient (Wildman–Crippen LogP) is 4.96. The van der Waals surface area contributed by atoms with E-state index in [2.05, 4.69) is 20.6 Å². The minimum atomic E-state index is -0.387. The van der Waals surface area contributed by atoms with Gasteiger partial charge < -0.3 is 10.6 Å². The molecule has 0 spiro atoms. The number of hydrogen-bond acceptors (Lipinski definition) is 4. The average molecular weight is 387 g/mol. The zero-order valence-electron chi connectivity index (χ0n) is 14.0. The summed E-state index contributed by atoms with van der Waals surface area (Å²) in [5, 5.41) is 6.51. The van der Waals surface area contributed by atoms with Crippen LogP contribution < -0.4 is 10.6 Å². The van der Waals surface area contributed by atoms with Gasteiger partial charge in [0, 0.05) is 12.2 Å². The van der Waals surface area contributed by atoms with Crippen molar-refractivity contribution >= 4 is 40.7 Å². The van der Waals surface area contributed by atoms with Crippen molar-refractivity contribution in [3.05, 3.63) is 81.6 Å². The summed E-state index contributed by atoms with van der Waals surface area (Å²) < 4.78 is 0. The van der Waals surface area contributed by atoms with Crippen molar-refractivity contribution < 1.29 is 4.79 Å². The van der Waals surface area contributed by atoms with E-state index >= 15 is 0 Å². The van der Waals surface area contributed by atoms with Crippen LogP contribution in [0.3, 0.4) is 0 Å². The maximum absolute atomic E-state index is 12.5.